The Morgan fingerprint density at radius 1 is 1.20 bits per heavy atom. The molecule has 0 saturated carbocycles. The van der Waals surface area contributed by atoms with E-state index in [4.69, 9.17) is 5.26 Å². The Morgan fingerprint density at radius 2 is 1.96 bits per heavy atom. The number of hydrogen-bond acceptors (Lipinski definition) is 5. The third-order valence-corrected chi connectivity index (χ3v) is 4.29. The number of nitrogens with one attached hydrogen (secondary N) is 1. The number of amides is 1. The molecule has 2 aromatic carbocycles. The van der Waals surface area contributed by atoms with Crippen LogP contribution in [-0.2, 0) is 10.5 Å². The lowest BCUT2D eigenvalue weighted by atomic mass is 10.1. The minimum absolute atomic E-state index is 0.0783. The molecule has 0 unspecified atom stereocenters. The van der Waals surface area contributed by atoms with E-state index in [1.165, 1.54) is 30.0 Å². The molecule has 1 aliphatic heterocycles. The molecule has 1 aliphatic rings. The second-order valence-corrected chi connectivity index (χ2v) is 6.12. The Labute approximate surface area is 146 Å². The molecule has 8 heteroatoms. The molecule has 0 saturated heterocycles. The van der Waals surface area contributed by atoms with Crippen LogP contribution in [0.2, 0.25) is 0 Å². The number of anilines is 1. The number of halogens is 2. The van der Waals surface area contributed by atoms with E-state index >= 15 is 0 Å². The lowest BCUT2D eigenvalue weighted by molar-refractivity contribution is -0.286. The predicted octanol–water partition coefficient (Wildman–Crippen LogP) is 3.75. The summed E-state index contributed by atoms with van der Waals surface area (Å²) in [6.07, 6.45) is -3.69. The van der Waals surface area contributed by atoms with Gasteiger partial charge in [-0.2, -0.15) is 5.26 Å². The van der Waals surface area contributed by atoms with Crippen molar-refractivity contribution in [2.75, 3.05) is 11.1 Å². The summed E-state index contributed by atoms with van der Waals surface area (Å²) in [6, 6.07) is 13.3. The number of thioether (sulfide) groups is 1. The van der Waals surface area contributed by atoms with Crippen LogP contribution >= 0.6 is 11.8 Å². The van der Waals surface area contributed by atoms with Crippen molar-refractivity contribution in [3.63, 3.8) is 0 Å². The van der Waals surface area contributed by atoms with Gasteiger partial charge >= 0.3 is 6.29 Å². The number of nitriles is 1. The zero-order valence-electron chi connectivity index (χ0n) is 12.8. The highest BCUT2D eigenvalue weighted by atomic mass is 32.2. The van der Waals surface area contributed by atoms with Gasteiger partial charge in [0, 0.05) is 17.5 Å². The first-order chi connectivity index (χ1) is 12.0. The summed E-state index contributed by atoms with van der Waals surface area (Å²) in [5.74, 6) is 0.184. The summed E-state index contributed by atoms with van der Waals surface area (Å²) in [5.41, 5.74) is 1.77. The quantitative estimate of drug-likeness (QED) is 0.877. The monoisotopic (exact) mass is 362 g/mol. The first kappa shape index (κ1) is 17.0. The van der Waals surface area contributed by atoms with Crippen LogP contribution < -0.4 is 14.8 Å². The summed E-state index contributed by atoms with van der Waals surface area (Å²) >= 11 is 1.35. The third kappa shape index (κ3) is 4.19. The van der Waals surface area contributed by atoms with Gasteiger partial charge in [-0.05, 0) is 23.8 Å². The van der Waals surface area contributed by atoms with Crippen molar-refractivity contribution < 1.29 is 23.0 Å². The maximum atomic E-state index is 13.0. The molecule has 0 aromatic heterocycles. The number of rotatable bonds is 5. The second-order valence-electron chi connectivity index (χ2n) is 5.14. The Bertz CT molecular complexity index is 852. The Hall–Kier alpha value is -2.79. The normalized spacial score (nSPS) is 14.0. The van der Waals surface area contributed by atoms with E-state index in [0.29, 0.717) is 17.0 Å². The molecule has 25 heavy (non-hydrogen) atoms. The standard InChI is InChI=1S/C17H12F2N2O3S/c18-17(19)23-14-6-5-13(7-15(14)24-17)21-16(22)10-25-9-12-4-2-1-3-11(12)8-20/h1-7H,9-10H2,(H,21,22). The molecule has 0 fully saturated rings. The van der Waals surface area contributed by atoms with Crippen molar-refractivity contribution in [1.82, 2.24) is 0 Å². The van der Waals surface area contributed by atoms with E-state index in [2.05, 4.69) is 20.9 Å². The van der Waals surface area contributed by atoms with Crippen molar-refractivity contribution >= 4 is 23.4 Å². The van der Waals surface area contributed by atoms with E-state index in [0.717, 1.165) is 5.56 Å². The molecular formula is C17H12F2N2O3S. The SMILES string of the molecule is N#Cc1ccccc1CSCC(=O)Nc1ccc2c(c1)OC(F)(F)O2. The van der Waals surface area contributed by atoms with Gasteiger partial charge in [0.05, 0.1) is 17.4 Å². The van der Waals surface area contributed by atoms with E-state index in [9.17, 15) is 13.6 Å². The van der Waals surface area contributed by atoms with Crippen LogP contribution in [0, 0.1) is 11.3 Å². The number of fused-ring (bicyclic) bond motifs is 1. The van der Waals surface area contributed by atoms with E-state index < -0.39 is 6.29 Å². The van der Waals surface area contributed by atoms with Crippen LogP contribution in [0.4, 0.5) is 14.5 Å². The molecule has 1 amide bonds. The van der Waals surface area contributed by atoms with Gasteiger partial charge in [0.25, 0.3) is 0 Å². The number of alkyl halides is 2. The predicted molar refractivity (Wildman–Crippen MR) is 88.6 cm³/mol. The summed E-state index contributed by atoms with van der Waals surface area (Å²) < 4.78 is 34.6. The summed E-state index contributed by atoms with van der Waals surface area (Å²) in [6.45, 7) is 0. The minimum Gasteiger partial charge on any atom is -0.395 e. The molecule has 1 N–H and O–H groups in total. The average Bonchev–Trinajstić information content (AvgIpc) is 2.88. The van der Waals surface area contributed by atoms with Crippen molar-refractivity contribution in [3.05, 3.63) is 53.6 Å². The van der Waals surface area contributed by atoms with Crippen LogP contribution in [0.1, 0.15) is 11.1 Å². The number of carbonyl (C=O) groups excluding carboxylic acids is 1. The van der Waals surface area contributed by atoms with Crippen molar-refractivity contribution in [1.29, 1.82) is 5.26 Å². The molecular weight excluding hydrogens is 350 g/mol. The topological polar surface area (TPSA) is 71.4 Å². The van der Waals surface area contributed by atoms with Crippen LogP contribution in [0.3, 0.4) is 0 Å². The van der Waals surface area contributed by atoms with Gasteiger partial charge in [0.15, 0.2) is 11.5 Å². The van der Waals surface area contributed by atoms with Gasteiger partial charge in [-0.25, -0.2) is 0 Å². The lowest BCUT2D eigenvalue weighted by Gasteiger charge is -2.07. The molecule has 0 bridgehead atoms. The maximum Gasteiger partial charge on any atom is 0.586 e. The van der Waals surface area contributed by atoms with Crippen molar-refractivity contribution in [3.8, 4) is 17.6 Å². The smallest absolute Gasteiger partial charge is 0.395 e. The maximum absolute atomic E-state index is 13.0. The molecule has 0 atom stereocenters. The van der Waals surface area contributed by atoms with Gasteiger partial charge in [-0.1, -0.05) is 18.2 Å². The molecule has 0 aliphatic carbocycles. The molecule has 0 spiro atoms. The molecule has 1 heterocycles. The Kier molecular flexibility index (Phi) is 4.76. The van der Waals surface area contributed by atoms with Crippen LogP contribution in [0.15, 0.2) is 42.5 Å². The van der Waals surface area contributed by atoms with E-state index in [1.807, 2.05) is 12.1 Å². The van der Waals surface area contributed by atoms with Crippen LogP contribution in [-0.4, -0.2) is 18.0 Å². The molecule has 3 rings (SSSR count). The largest absolute Gasteiger partial charge is 0.586 e. The third-order valence-electron chi connectivity index (χ3n) is 3.31. The fraction of sp³-hybridized carbons (Fsp3) is 0.176. The zero-order chi connectivity index (χ0) is 17.9. The Morgan fingerprint density at radius 3 is 2.76 bits per heavy atom. The van der Waals surface area contributed by atoms with Gasteiger partial charge in [0.1, 0.15) is 0 Å². The van der Waals surface area contributed by atoms with E-state index in [1.54, 1.807) is 12.1 Å². The van der Waals surface area contributed by atoms with Crippen LogP contribution in [0.25, 0.3) is 0 Å². The highest BCUT2D eigenvalue weighted by molar-refractivity contribution is 7.99. The first-order valence-electron chi connectivity index (χ1n) is 7.22. The molecule has 5 nitrogen and oxygen atoms in total. The number of benzene rings is 2. The van der Waals surface area contributed by atoms with Gasteiger partial charge in [-0.15, -0.1) is 20.5 Å². The zero-order valence-corrected chi connectivity index (χ0v) is 13.6. The summed E-state index contributed by atoms with van der Waals surface area (Å²) in [4.78, 5) is 12.0. The summed E-state index contributed by atoms with van der Waals surface area (Å²) in [7, 11) is 0. The fourth-order valence-electron chi connectivity index (χ4n) is 2.23. The molecule has 128 valence electrons. The Balaban J connectivity index is 1.53. The van der Waals surface area contributed by atoms with Gasteiger partial charge in [0.2, 0.25) is 5.91 Å². The number of hydrogen-bond donors (Lipinski definition) is 1. The highest BCUT2D eigenvalue weighted by Gasteiger charge is 2.43. The number of nitrogens with zero attached hydrogens (tertiary/aromatic N) is 1. The number of ether oxygens (including phenoxy) is 2. The number of carbonyl (C=O) groups is 1. The highest BCUT2D eigenvalue weighted by Crippen LogP contribution is 2.42. The first-order valence-corrected chi connectivity index (χ1v) is 8.38. The van der Waals surface area contributed by atoms with Gasteiger partial charge in [-0.3, -0.25) is 4.79 Å². The molecule has 2 aromatic rings. The summed E-state index contributed by atoms with van der Waals surface area (Å²) in [5, 5.41) is 11.6. The average molecular weight is 362 g/mol. The fourth-order valence-corrected chi connectivity index (χ4v) is 3.06. The van der Waals surface area contributed by atoms with Crippen LogP contribution in [0.5, 0.6) is 11.5 Å². The molecule has 0 radical (unpaired) electrons. The van der Waals surface area contributed by atoms with Gasteiger partial charge < -0.3 is 14.8 Å². The minimum atomic E-state index is -3.69. The second kappa shape index (κ2) is 6.99. The lowest BCUT2D eigenvalue weighted by Crippen LogP contribution is -2.25. The van der Waals surface area contributed by atoms with Crippen molar-refractivity contribution in [2.24, 2.45) is 0 Å². The van der Waals surface area contributed by atoms with Crippen molar-refractivity contribution in [2.45, 2.75) is 12.0 Å². The van der Waals surface area contributed by atoms with E-state index in [-0.39, 0.29) is 23.2 Å².